The lowest BCUT2D eigenvalue weighted by Crippen LogP contribution is -2.34. The molecule has 0 fully saturated rings. The summed E-state index contributed by atoms with van der Waals surface area (Å²) in [5.74, 6) is -0.853. The topological polar surface area (TPSA) is 94.8 Å². The normalized spacial score (nSPS) is 11.0. The number of ether oxygens (including phenoxy) is 2. The second kappa shape index (κ2) is 7.34. The van der Waals surface area contributed by atoms with E-state index in [0.29, 0.717) is 0 Å². The Bertz CT molecular complexity index is 818. The number of pyridine rings is 1. The number of aromatic nitrogens is 1. The molecule has 138 valence electrons. The highest BCUT2D eigenvalue weighted by Gasteiger charge is 2.21. The first kappa shape index (κ1) is 19.1. The van der Waals surface area contributed by atoms with Gasteiger partial charge in [-0.2, -0.15) is 0 Å². The molecule has 1 aromatic carbocycles. The highest BCUT2D eigenvalue weighted by Crippen LogP contribution is 2.28. The molecule has 2 rings (SSSR count). The van der Waals surface area contributed by atoms with Crippen LogP contribution in [0.3, 0.4) is 0 Å². The fourth-order valence-electron chi connectivity index (χ4n) is 1.87. The van der Waals surface area contributed by atoms with Crippen LogP contribution in [0.5, 0.6) is 11.6 Å². The first-order valence-electron chi connectivity index (χ1n) is 7.61. The van der Waals surface area contributed by atoms with Crippen molar-refractivity contribution in [1.82, 2.24) is 4.98 Å². The van der Waals surface area contributed by atoms with Crippen molar-refractivity contribution in [3.63, 3.8) is 0 Å². The van der Waals surface area contributed by atoms with Crippen molar-refractivity contribution in [1.29, 1.82) is 0 Å². The summed E-state index contributed by atoms with van der Waals surface area (Å²) in [6.07, 6.45) is 0.389. The van der Waals surface area contributed by atoms with Gasteiger partial charge in [0.2, 0.25) is 5.88 Å². The highest BCUT2D eigenvalue weighted by atomic mass is 19.1. The third-order valence-electron chi connectivity index (χ3n) is 3.12. The molecule has 0 spiro atoms. The molecule has 0 aliphatic carbocycles. The summed E-state index contributed by atoms with van der Waals surface area (Å²) in [6.45, 7) is 5.19. The lowest BCUT2D eigenvalue weighted by atomic mass is 10.2. The van der Waals surface area contributed by atoms with Crippen LogP contribution in [0.25, 0.3) is 0 Å². The molecule has 0 saturated carbocycles. The Morgan fingerprint density at radius 3 is 2.46 bits per heavy atom. The average molecular weight is 363 g/mol. The van der Waals surface area contributed by atoms with Crippen LogP contribution in [-0.2, 0) is 4.74 Å². The highest BCUT2D eigenvalue weighted by molar-refractivity contribution is 5.87. The third kappa shape index (κ3) is 4.88. The van der Waals surface area contributed by atoms with Gasteiger partial charge in [0.1, 0.15) is 11.8 Å². The molecule has 1 aromatic heterocycles. The maximum atomic E-state index is 14.3. The van der Waals surface area contributed by atoms with Gasteiger partial charge in [-0.05, 0) is 32.9 Å². The number of nitrogens with zero attached hydrogens (tertiary/aromatic N) is 3. The number of halogens is 1. The number of rotatable bonds is 4. The molecule has 1 amide bonds. The van der Waals surface area contributed by atoms with Gasteiger partial charge in [0, 0.05) is 30.9 Å². The molecule has 9 heteroatoms. The van der Waals surface area contributed by atoms with Gasteiger partial charge in [-0.25, -0.2) is 14.2 Å². The fourth-order valence-corrected chi connectivity index (χ4v) is 1.87. The second-order valence-electron chi connectivity index (χ2n) is 6.37. The molecule has 26 heavy (non-hydrogen) atoms. The van der Waals surface area contributed by atoms with Crippen molar-refractivity contribution in [2.24, 2.45) is 0 Å². The van der Waals surface area contributed by atoms with Gasteiger partial charge >= 0.3 is 6.09 Å². The van der Waals surface area contributed by atoms with E-state index < -0.39 is 22.4 Å². The first-order chi connectivity index (χ1) is 12.1. The molecule has 8 nitrogen and oxygen atoms in total. The van der Waals surface area contributed by atoms with Crippen LogP contribution < -0.4 is 9.64 Å². The molecule has 0 N–H and O–H groups in total. The standard InChI is InChI=1S/C17H18FN3O5/c1-17(2,3)26-16(22)20(4)11-5-7-14(13(18)9-11)25-15-8-6-12(10-19-15)21(23)24/h5-10H,1-4H3. The number of nitro groups is 1. The zero-order chi connectivity index (χ0) is 19.5. The largest absolute Gasteiger partial charge is 0.443 e. The summed E-state index contributed by atoms with van der Waals surface area (Å²) in [7, 11) is 1.46. The summed E-state index contributed by atoms with van der Waals surface area (Å²) in [5, 5.41) is 10.6. The predicted molar refractivity (Wildman–Crippen MR) is 92.0 cm³/mol. The Morgan fingerprint density at radius 1 is 1.27 bits per heavy atom. The molecule has 0 atom stereocenters. The van der Waals surface area contributed by atoms with Crippen molar-refractivity contribution in [2.45, 2.75) is 26.4 Å². The van der Waals surface area contributed by atoms with E-state index in [9.17, 15) is 19.3 Å². The Hall–Kier alpha value is -3.23. The summed E-state index contributed by atoms with van der Waals surface area (Å²) in [4.78, 5) is 26.9. The number of hydrogen-bond acceptors (Lipinski definition) is 6. The number of hydrogen-bond donors (Lipinski definition) is 0. The second-order valence-corrected chi connectivity index (χ2v) is 6.37. The van der Waals surface area contributed by atoms with E-state index in [1.807, 2.05) is 0 Å². The Balaban J connectivity index is 2.13. The molecular formula is C17H18FN3O5. The molecule has 2 aromatic rings. The maximum absolute atomic E-state index is 14.3. The average Bonchev–Trinajstić information content (AvgIpc) is 2.55. The lowest BCUT2D eigenvalue weighted by molar-refractivity contribution is -0.385. The zero-order valence-electron chi connectivity index (χ0n) is 14.7. The Kier molecular flexibility index (Phi) is 5.39. The third-order valence-corrected chi connectivity index (χ3v) is 3.12. The van der Waals surface area contributed by atoms with Crippen LogP contribution in [0, 0.1) is 15.9 Å². The molecule has 1 heterocycles. The van der Waals surface area contributed by atoms with E-state index >= 15 is 0 Å². The molecule has 0 unspecified atom stereocenters. The minimum atomic E-state index is -0.724. The summed E-state index contributed by atoms with van der Waals surface area (Å²) in [5.41, 5.74) is -0.595. The quantitative estimate of drug-likeness (QED) is 0.594. The van der Waals surface area contributed by atoms with Crippen molar-refractivity contribution in [3.8, 4) is 11.6 Å². The molecule has 0 aliphatic heterocycles. The van der Waals surface area contributed by atoms with Gasteiger partial charge < -0.3 is 9.47 Å². The van der Waals surface area contributed by atoms with Crippen LogP contribution in [0.4, 0.5) is 20.6 Å². The SMILES string of the molecule is CN(C(=O)OC(C)(C)C)c1ccc(Oc2ccc([N+](=O)[O-])cn2)c(F)c1. The number of benzene rings is 1. The monoisotopic (exact) mass is 363 g/mol. The van der Waals surface area contributed by atoms with Crippen molar-refractivity contribution >= 4 is 17.5 Å². The minimum absolute atomic E-state index is 0.00254. The summed E-state index contributed by atoms with van der Waals surface area (Å²) in [6, 6.07) is 6.39. The first-order valence-corrected chi connectivity index (χ1v) is 7.61. The van der Waals surface area contributed by atoms with Crippen LogP contribution in [0.2, 0.25) is 0 Å². The Morgan fingerprint density at radius 2 is 1.96 bits per heavy atom. The molecular weight excluding hydrogens is 345 g/mol. The van der Waals surface area contributed by atoms with Crippen LogP contribution in [0.1, 0.15) is 20.8 Å². The molecule has 0 saturated heterocycles. The van der Waals surface area contributed by atoms with Crippen molar-refractivity contribution in [3.05, 3.63) is 52.5 Å². The maximum Gasteiger partial charge on any atom is 0.414 e. The van der Waals surface area contributed by atoms with E-state index in [4.69, 9.17) is 9.47 Å². The van der Waals surface area contributed by atoms with Gasteiger partial charge in [-0.3, -0.25) is 15.0 Å². The van der Waals surface area contributed by atoms with Gasteiger partial charge in [0.15, 0.2) is 11.6 Å². The van der Waals surface area contributed by atoms with Gasteiger partial charge in [-0.1, -0.05) is 0 Å². The van der Waals surface area contributed by atoms with Crippen LogP contribution >= 0.6 is 0 Å². The van der Waals surface area contributed by atoms with Gasteiger partial charge in [0.05, 0.1) is 4.92 Å². The predicted octanol–water partition coefficient (Wildman–Crippen LogP) is 4.29. The minimum Gasteiger partial charge on any atom is -0.443 e. The number of anilines is 1. The van der Waals surface area contributed by atoms with E-state index in [1.54, 1.807) is 20.8 Å². The van der Waals surface area contributed by atoms with E-state index in [-0.39, 0.29) is 23.0 Å². The number of amides is 1. The van der Waals surface area contributed by atoms with Crippen molar-refractivity contribution in [2.75, 3.05) is 11.9 Å². The number of carbonyl (C=O) groups is 1. The Labute approximate surface area is 149 Å². The van der Waals surface area contributed by atoms with E-state index in [2.05, 4.69) is 4.98 Å². The van der Waals surface area contributed by atoms with E-state index in [1.165, 1.54) is 36.2 Å². The van der Waals surface area contributed by atoms with Crippen LogP contribution in [0.15, 0.2) is 36.5 Å². The van der Waals surface area contributed by atoms with Crippen molar-refractivity contribution < 1.29 is 23.6 Å². The fraction of sp³-hybridized carbons (Fsp3) is 0.294. The van der Waals surface area contributed by atoms with E-state index in [0.717, 1.165) is 12.3 Å². The summed E-state index contributed by atoms with van der Waals surface area (Å²) >= 11 is 0. The lowest BCUT2D eigenvalue weighted by Gasteiger charge is -2.24. The summed E-state index contributed by atoms with van der Waals surface area (Å²) < 4.78 is 24.8. The molecule has 0 aliphatic rings. The molecule has 0 bridgehead atoms. The zero-order valence-corrected chi connectivity index (χ0v) is 14.7. The van der Waals surface area contributed by atoms with Gasteiger partial charge in [0.25, 0.3) is 5.69 Å². The van der Waals surface area contributed by atoms with Gasteiger partial charge in [-0.15, -0.1) is 0 Å². The smallest absolute Gasteiger partial charge is 0.414 e. The van der Waals surface area contributed by atoms with Crippen LogP contribution in [-0.4, -0.2) is 28.6 Å². The molecule has 0 radical (unpaired) electrons. The number of carbonyl (C=O) groups excluding carboxylic acids is 1.